The van der Waals surface area contributed by atoms with Crippen molar-refractivity contribution in [1.29, 1.82) is 0 Å². The Labute approximate surface area is 212 Å². The first-order chi connectivity index (χ1) is 15.8. The zero-order chi connectivity index (χ0) is 27.1. The molecule has 0 aromatic carbocycles. The van der Waals surface area contributed by atoms with Crippen LogP contribution < -0.4 is 0 Å². The van der Waals surface area contributed by atoms with E-state index in [4.69, 9.17) is 14.6 Å². The van der Waals surface area contributed by atoms with E-state index in [9.17, 15) is 14.4 Å². The van der Waals surface area contributed by atoms with Crippen LogP contribution in [0.3, 0.4) is 0 Å². The second-order valence-electron chi connectivity index (χ2n) is 13.1. The maximum Gasteiger partial charge on any atom is 0.419 e. The van der Waals surface area contributed by atoms with E-state index in [2.05, 4.69) is 26.8 Å². The maximum atomic E-state index is 12.9. The first kappa shape index (κ1) is 31.0. The van der Waals surface area contributed by atoms with Gasteiger partial charge in [-0.3, -0.25) is 4.79 Å². The Balaban J connectivity index is 3.06. The van der Waals surface area contributed by atoms with Gasteiger partial charge in [0.05, 0.1) is 0 Å². The summed E-state index contributed by atoms with van der Waals surface area (Å²) in [5.74, 6) is -0.181. The van der Waals surface area contributed by atoms with Gasteiger partial charge >= 0.3 is 18.2 Å². The molecular formula is C28H49NO6. The Bertz CT molecular complexity index is 715. The second kappa shape index (κ2) is 12.3. The summed E-state index contributed by atoms with van der Waals surface area (Å²) >= 11 is 0. The minimum absolute atomic E-state index is 0.0657. The van der Waals surface area contributed by atoms with Gasteiger partial charge in [0.1, 0.15) is 11.2 Å². The monoisotopic (exact) mass is 495 g/mol. The molecule has 0 radical (unpaired) electrons. The summed E-state index contributed by atoms with van der Waals surface area (Å²) in [7, 11) is 0. The lowest BCUT2D eigenvalue weighted by molar-refractivity contribution is -0.136. The van der Waals surface area contributed by atoms with Crippen molar-refractivity contribution in [2.24, 2.45) is 16.7 Å². The summed E-state index contributed by atoms with van der Waals surface area (Å²) < 4.78 is 11.0. The summed E-state index contributed by atoms with van der Waals surface area (Å²) in [5, 5.41) is 8.90. The highest BCUT2D eigenvalue weighted by Gasteiger charge is 2.40. The third-order valence-corrected chi connectivity index (χ3v) is 6.61. The van der Waals surface area contributed by atoms with E-state index in [0.29, 0.717) is 18.8 Å². The van der Waals surface area contributed by atoms with Crippen molar-refractivity contribution in [1.82, 2.24) is 4.90 Å². The number of hydrogen-bond donors (Lipinski definition) is 1. The van der Waals surface area contributed by atoms with E-state index in [0.717, 1.165) is 37.0 Å². The second-order valence-corrected chi connectivity index (χ2v) is 13.1. The summed E-state index contributed by atoms with van der Waals surface area (Å²) in [4.78, 5) is 37.8. The molecule has 0 unspecified atom stereocenters. The van der Waals surface area contributed by atoms with Gasteiger partial charge in [-0.05, 0) is 103 Å². The average Bonchev–Trinajstić information content (AvgIpc) is 2.64. The van der Waals surface area contributed by atoms with E-state index in [1.54, 1.807) is 41.5 Å². The number of nitrogens with zero attached hydrogens (tertiary/aromatic N) is 1. The number of hydrogen-bond acceptors (Lipinski definition) is 5. The van der Waals surface area contributed by atoms with Crippen LogP contribution in [-0.4, -0.2) is 45.9 Å². The summed E-state index contributed by atoms with van der Waals surface area (Å²) in [5.41, 5.74) is -1.29. The van der Waals surface area contributed by atoms with Gasteiger partial charge in [-0.15, -0.1) is 0 Å². The zero-order valence-electron chi connectivity index (χ0n) is 23.5. The van der Waals surface area contributed by atoms with Crippen molar-refractivity contribution < 1.29 is 29.0 Å². The Morgan fingerprint density at radius 2 is 1.37 bits per heavy atom. The molecule has 2 amide bonds. The summed E-state index contributed by atoms with van der Waals surface area (Å²) in [6, 6.07) is 0. The van der Waals surface area contributed by atoms with Crippen molar-refractivity contribution in [3.05, 3.63) is 12.2 Å². The molecule has 0 atom stereocenters. The molecule has 0 aromatic heterocycles. The molecule has 1 aliphatic carbocycles. The fourth-order valence-electron chi connectivity index (χ4n) is 4.55. The fraction of sp³-hybridized carbons (Fsp3) is 0.821. The van der Waals surface area contributed by atoms with Crippen LogP contribution >= 0.6 is 0 Å². The number of imide groups is 1. The normalized spacial score (nSPS) is 21.6. The van der Waals surface area contributed by atoms with Crippen LogP contribution in [0.15, 0.2) is 12.2 Å². The molecule has 7 heteroatoms. The van der Waals surface area contributed by atoms with Crippen molar-refractivity contribution >= 4 is 18.2 Å². The summed E-state index contributed by atoms with van der Waals surface area (Å²) in [6.45, 7) is 17.7. The van der Waals surface area contributed by atoms with Crippen LogP contribution in [0, 0.1) is 16.7 Å². The van der Waals surface area contributed by atoms with Crippen molar-refractivity contribution in [3.63, 3.8) is 0 Å². The number of amides is 2. The maximum absolute atomic E-state index is 12.9. The SMILES string of the molecule is CC(C)(C)OC(=O)N(CCC1(CC=CCCC(=O)O)CCC(C(C)(C)C)CC1)C(=O)OC(C)(C)C. The number of aliphatic carboxylic acids is 1. The average molecular weight is 496 g/mol. The first-order valence-electron chi connectivity index (χ1n) is 12.9. The Morgan fingerprint density at radius 1 is 0.886 bits per heavy atom. The smallest absolute Gasteiger partial charge is 0.419 e. The topological polar surface area (TPSA) is 93.1 Å². The predicted octanol–water partition coefficient (Wildman–Crippen LogP) is 7.58. The lowest BCUT2D eigenvalue weighted by Gasteiger charge is -2.44. The minimum Gasteiger partial charge on any atom is -0.481 e. The van der Waals surface area contributed by atoms with E-state index in [1.807, 2.05) is 6.08 Å². The Morgan fingerprint density at radius 3 is 1.77 bits per heavy atom. The van der Waals surface area contributed by atoms with Gasteiger partial charge in [-0.2, -0.15) is 0 Å². The van der Waals surface area contributed by atoms with Gasteiger partial charge in [0.25, 0.3) is 0 Å². The third kappa shape index (κ3) is 12.0. The molecule has 1 fully saturated rings. The van der Waals surface area contributed by atoms with Crippen LogP contribution in [-0.2, 0) is 14.3 Å². The number of rotatable bonds is 8. The highest BCUT2D eigenvalue weighted by molar-refractivity contribution is 5.88. The number of carbonyl (C=O) groups excluding carboxylic acids is 2. The third-order valence-electron chi connectivity index (χ3n) is 6.61. The fourth-order valence-corrected chi connectivity index (χ4v) is 4.55. The highest BCUT2D eigenvalue weighted by atomic mass is 16.6. The van der Waals surface area contributed by atoms with Crippen LogP contribution in [0.2, 0.25) is 0 Å². The molecule has 0 bridgehead atoms. The zero-order valence-corrected chi connectivity index (χ0v) is 23.5. The van der Waals surface area contributed by atoms with Gasteiger partial charge in [0.15, 0.2) is 0 Å². The van der Waals surface area contributed by atoms with Gasteiger partial charge < -0.3 is 14.6 Å². The predicted molar refractivity (Wildman–Crippen MR) is 138 cm³/mol. The number of carbonyl (C=O) groups is 3. The summed E-state index contributed by atoms with van der Waals surface area (Å²) in [6.07, 6.45) is 8.84. The molecular weight excluding hydrogens is 446 g/mol. The molecule has 0 aromatic rings. The molecule has 202 valence electrons. The molecule has 1 aliphatic rings. The number of ether oxygens (including phenoxy) is 2. The molecule has 7 nitrogen and oxygen atoms in total. The highest BCUT2D eigenvalue weighted by Crippen LogP contribution is 2.49. The Kier molecular flexibility index (Phi) is 10.9. The van der Waals surface area contributed by atoms with Crippen LogP contribution in [0.25, 0.3) is 0 Å². The van der Waals surface area contributed by atoms with Crippen LogP contribution in [0.4, 0.5) is 9.59 Å². The molecule has 1 rings (SSSR count). The molecule has 0 heterocycles. The molecule has 0 spiro atoms. The molecule has 0 saturated heterocycles. The number of carboxylic acid groups (broad SMARTS) is 1. The van der Waals surface area contributed by atoms with Crippen LogP contribution in [0.1, 0.15) is 114 Å². The quantitative estimate of drug-likeness (QED) is 0.349. The number of allylic oxidation sites excluding steroid dienone is 2. The molecule has 0 aliphatic heterocycles. The molecule has 1 N–H and O–H groups in total. The minimum atomic E-state index is -0.805. The molecule has 35 heavy (non-hydrogen) atoms. The van der Waals surface area contributed by atoms with E-state index in [1.165, 1.54) is 0 Å². The lowest BCUT2D eigenvalue weighted by Crippen LogP contribution is -2.45. The van der Waals surface area contributed by atoms with Crippen molar-refractivity contribution in [2.75, 3.05) is 6.54 Å². The largest absolute Gasteiger partial charge is 0.481 e. The van der Waals surface area contributed by atoms with Crippen LogP contribution in [0.5, 0.6) is 0 Å². The standard InChI is InChI=1S/C28H49NO6/c1-25(2,3)21-14-17-28(18-15-21,16-12-10-11-13-22(30)31)19-20-29(23(32)34-26(4,5)6)24(33)35-27(7,8)9/h10,12,21H,11,13-20H2,1-9H3,(H,30,31). The number of carboxylic acids is 1. The van der Waals surface area contributed by atoms with E-state index < -0.39 is 29.4 Å². The van der Waals surface area contributed by atoms with E-state index in [-0.39, 0.29) is 23.8 Å². The van der Waals surface area contributed by atoms with Crippen molar-refractivity contribution in [3.8, 4) is 0 Å². The Hall–Kier alpha value is -2.05. The lowest BCUT2D eigenvalue weighted by atomic mass is 9.62. The van der Waals surface area contributed by atoms with Gasteiger partial charge in [-0.25, -0.2) is 14.5 Å². The van der Waals surface area contributed by atoms with E-state index >= 15 is 0 Å². The molecule has 1 saturated carbocycles. The van der Waals surface area contributed by atoms with Gasteiger partial charge in [-0.1, -0.05) is 32.9 Å². The van der Waals surface area contributed by atoms with Gasteiger partial charge in [0.2, 0.25) is 0 Å². The van der Waals surface area contributed by atoms with Crippen molar-refractivity contribution in [2.45, 2.75) is 125 Å². The van der Waals surface area contributed by atoms with Gasteiger partial charge in [0, 0.05) is 13.0 Å². The first-order valence-corrected chi connectivity index (χ1v) is 12.9.